The highest BCUT2D eigenvalue weighted by Gasteiger charge is 2.25. The summed E-state index contributed by atoms with van der Waals surface area (Å²) in [5, 5.41) is 5.70. The fourth-order valence-electron chi connectivity index (χ4n) is 2.22. The summed E-state index contributed by atoms with van der Waals surface area (Å²) in [6.07, 6.45) is 0. The number of carbonyl (C=O) groups excluding carboxylic acids is 2. The van der Waals surface area contributed by atoms with Gasteiger partial charge in [0.2, 0.25) is 11.8 Å². The lowest BCUT2D eigenvalue weighted by molar-refractivity contribution is -0.129. The molecule has 4 nitrogen and oxygen atoms in total. The Morgan fingerprint density at radius 2 is 1.75 bits per heavy atom. The van der Waals surface area contributed by atoms with E-state index in [1.807, 2.05) is 20.8 Å². The van der Waals surface area contributed by atoms with Crippen LogP contribution in [0.3, 0.4) is 0 Å². The molecule has 0 unspecified atom stereocenters. The van der Waals surface area contributed by atoms with Gasteiger partial charge in [0.05, 0.1) is 6.04 Å². The lowest BCUT2D eigenvalue weighted by atomic mass is 10.0. The Labute approximate surface area is 125 Å². The van der Waals surface area contributed by atoms with Crippen LogP contribution in [0.15, 0.2) is 6.07 Å². The van der Waals surface area contributed by atoms with Gasteiger partial charge in [0.25, 0.3) is 0 Å². The summed E-state index contributed by atoms with van der Waals surface area (Å²) in [5.41, 5.74) is 1.14. The summed E-state index contributed by atoms with van der Waals surface area (Å²) in [5.74, 6) is -0.267. The molecule has 0 saturated heterocycles. The fraction of sp³-hybridized carbons (Fsp3) is 0.600. The van der Waals surface area contributed by atoms with E-state index in [2.05, 4.69) is 30.5 Å². The molecule has 112 valence electrons. The van der Waals surface area contributed by atoms with Gasteiger partial charge in [0.15, 0.2) is 0 Å². The van der Waals surface area contributed by atoms with Crippen molar-refractivity contribution in [2.75, 3.05) is 0 Å². The van der Waals surface area contributed by atoms with E-state index in [4.69, 9.17) is 0 Å². The maximum Gasteiger partial charge on any atom is 0.243 e. The topological polar surface area (TPSA) is 58.2 Å². The van der Waals surface area contributed by atoms with E-state index in [9.17, 15) is 9.59 Å². The molecule has 0 spiro atoms. The van der Waals surface area contributed by atoms with Crippen molar-refractivity contribution in [3.05, 3.63) is 21.4 Å². The highest BCUT2D eigenvalue weighted by Crippen LogP contribution is 2.26. The summed E-state index contributed by atoms with van der Waals surface area (Å²) >= 11 is 1.73. The molecule has 0 aliphatic rings. The molecular weight excluding hydrogens is 272 g/mol. The van der Waals surface area contributed by atoms with Crippen molar-refractivity contribution in [1.29, 1.82) is 0 Å². The lowest BCUT2D eigenvalue weighted by Crippen LogP contribution is -2.49. The molecule has 1 heterocycles. The minimum atomic E-state index is -0.491. The SMILES string of the molecule is CC(=O)N[C@@H](C(=O)N[C@@H](C)c1cc(C)sc1C)C(C)C. The first-order valence-corrected chi connectivity index (χ1v) is 7.68. The van der Waals surface area contributed by atoms with Crippen molar-refractivity contribution < 1.29 is 9.59 Å². The number of aryl methyl sites for hydroxylation is 2. The Morgan fingerprint density at radius 3 is 2.15 bits per heavy atom. The molecular formula is C15H24N2O2S. The van der Waals surface area contributed by atoms with Gasteiger partial charge < -0.3 is 10.6 Å². The van der Waals surface area contributed by atoms with Crippen molar-refractivity contribution >= 4 is 23.2 Å². The van der Waals surface area contributed by atoms with Crippen LogP contribution in [0.2, 0.25) is 0 Å². The van der Waals surface area contributed by atoms with Crippen LogP contribution in [-0.4, -0.2) is 17.9 Å². The van der Waals surface area contributed by atoms with E-state index in [1.165, 1.54) is 16.7 Å². The van der Waals surface area contributed by atoms with Gasteiger partial charge in [0, 0.05) is 16.7 Å². The maximum absolute atomic E-state index is 12.3. The van der Waals surface area contributed by atoms with Crippen LogP contribution in [0, 0.1) is 19.8 Å². The second-order valence-electron chi connectivity index (χ2n) is 5.52. The molecule has 5 heteroatoms. The highest BCUT2D eigenvalue weighted by molar-refractivity contribution is 7.12. The number of rotatable bonds is 5. The molecule has 0 radical (unpaired) electrons. The van der Waals surface area contributed by atoms with Crippen LogP contribution in [-0.2, 0) is 9.59 Å². The first kappa shape index (κ1) is 16.7. The summed E-state index contributed by atoms with van der Waals surface area (Å²) in [4.78, 5) is 25.9. The Kier molecular flexibility index (Phi) is 5.74. The van der Waals surface area contributed by atoms with Gasteiger partial charge in [-0.2, -0.15) is 0 Å². The normalized spacial score (nSPS) is 13.9. The Bertz CT molecular complexity index is 494. The number of amides is 2. The monoisotopic (exact) mass is 296 g/mol. The second-order valence-corrected chi connectivity index (χ2v) is 6.98. The van der Waals surface area contributed by atoms with Crippen molar-refractivity contribution in [2.24, 2.45) is 5.92 Å². The van der Waals surface area contributed by atoms with Crippen LogP contribution >= 0.6 is 11.3 Å². The zero-order valence-electron chi connectivity index (χ0n) is 13.0. The largest absolute Gasteiger partial charge is 0.348 e. The van der Waals surface area contributed by atoms with E-state index in [0.29, 0.717) is 0 Å². The van der Waals surface area contributed by atoms with Crippen molar-refractivity contribution in [2.45, 2.75) is 53.6 Å². The van der Waals surface area contributed by atoms with Gasteiger partial charge >= 0.3 is 0 Å². The van der Waals surface area contributed by atoms with E-state index in [-0.39, 0.29) is 23.8 Å². The molecule has 0 aliphatic heterocycles. The third-order valence-electron chi connectivity index (χ3n) is 3.21. The zero-order chi connectivity index (χ0) is 15.4. The first-order chi connectivity index (χ1) is 9.22. The summed E-state index contributed by atoms with van der Waals surface area (Å²) in [7, 11) is 0. The third kappa shape index (κ3) is 4.34. The predicted molar refractivity (Wildman–Crippen MR) is 82.8 cm³/mol. The van der Waals surface area contributed by atoms with Gasteiger partial charge in [-0.25, -0.2) is 0 Å². The molecule has 2 N–H and O–H groups in total. The van der Waals surface area contributed by atoms with E-state index in [1.54, 1.807) is 11.3 Å². The molecule has 0 fully saturated rings. The van der Waals surface area contributed by atoms with Gasteiger partial charge in [-0.1, -0.05) is 13.8 Å². The van der Waals surface area contributed by atoms with Crippen LogP contribution in [0.25, 0.3) is 0 Å². The number of hydrogen-bond donors (Lipinski definition) is 2. The van der Waals surface area contributed by atoms with E-state index >= 15 is 0 Å². The van der Waals surface area contributed by atoms with Gasteiger partial charge in [-0.05, 0) is 38.3 Å². The Morgan fingerprint density at radius 1 is 1.15 bits per heavy atom. The predicted octanol–water partition coefficient (Wildman–Crippen LogP) is 2.70. The fourth-order valence-corrected chi connectivity index (χ4v) is 3.24. The lowest BCUT2D eigenvalue weighted by Gasteiger charge is -2.23. The summed E-state index contributed by atoms with van der Waals surface area (Å²) in [6, 6.07) is 1.56. The minimum Gasteiger partial charge on any atom is -0.348 e. The molecule has 2 atom stereocenters. The molecule has 0 saturated carbocycles. The standard InChI is InChI=1S/C15H24N2O2S/c1-8(2)14(17-12(6)18)15(19)16-10(4)13-7-9(3)20-11(13)5/h7-8,10,14H,1-6H3,(H,16,19)(H,17,18)/t10-,14+/m0/s1. The second kappa shape index (κ2) is 6.88. The molecule has 0 aliphatic carbocycles. The van der Waals surface area contributed by atoms with E-state index in [0.717, 1.165) is 5.56 Å². The average Bonchev–Trinajstić information content (AvgIpc) is 2.64. The molecule has 2 amide bonds. The van der Waals surface area contributed by atoms with Crippen molar-refractivity contribution in [3.63, 3.8) is 0 Å². The quantitative estimate of drug-likeness (QED) is 0.877. The van der Waals surface area contributed by atoms with Gasteiger partial charge in [-0.15, -0.1) is 11.3 Å². The number of carbonyl (C=O) groups is 2. The molecule has 1 aromatic rings. The summed E-state index contributed by atoms with van der Waals surface area (Å²) in [6.45, 7) is 11.4. The van der Waals surface area contributed by atoms with Crippen molar-refractivity contribution in [1.82, 2.24) is 10.6 Å². The van der Waals surface area contributed by atoms with E-state index < -0.39 is 6.04 Å². The molecule has 0 bridgehead atoms. The maximum atomic E-state index is 12.3. The third-order valence-corrected chi connectivity index (χ3v) is 4.19. The van der Waals surface area contributed by atoms with Gasteiger partial charge in [0.1, 0.15) is 6.04 Å². The molecule has 1 aromatic heterocycles. The van der Waals surface area contributed by atoms with Crippen molar-refractivity contribution in [3.8, 4) is 0 Å². The number of nitrogens with one attached hydrogen (secondary N) is 2. The molecule has 1 rings (SSSR count). The molecule has 0 aromatic carbocycles. The van der Waals surface area contributed by atoms with Crippen LogP contribution < -0.4 is 10.6 Å². The smallest absolute Gasteiger partial charge is 0.243 e. The zero-order valence-corrected chi connectivity index (χ0v) is 13.9. The van der Waals surface area contributed by atoms with Gasteiger partial charge in [-0.3, -0.25) is 9.59 Å². The van der Waals surface area contributed by atoms with Crippen LogP contribution in [0.1, 0.15) is 49.1 Å². The number of thiophene rings is 1. The Hall–Kier alpha value is -1.36. The average molecular weight is 296 g/mol. The van der Waals surface area contributed by atoms with Crippen LogP contribution in [0.4, 0.5) is 0 Å². The van der Waals surface area contributed by atoms with Crippen LogP contribution in [0.5, 0.6) is 0 Å². The highest BCUT2D eigenvalue weighted by atomic mass is 32.1. The first-order valence-electron chi connectivity index (χ1n) is 6.86. The summed E-state index contributed by atoms with van der Waals surface area (Å²) < 4.78 is 0. The minimum absolute atomic E-state index is 0.0522. The Balaban J connectivity index is 2.77. The molecule has 20 heavy (non-hydrogen) atoms. The number of hydrogen-bond acceptors (Lipinski definition) is 3.